The van der Waals surface area contributed by atoms with Gasteiger partial charge in [-0.15, -0.1) is 0 Å². The van der Waals surface area contributed by atoms with Gasteiger partial charge in [0.1, 0.15) is 11.4 Å². The van der Waals surface area contributed by atoms with E-state index in [1.165, 1.54) is 0 Å². The van der Waals surface area contributed by atoms with Gasteiger partial charge in [-0.25, -0.2) is 9.50 Å². The summed E-state index contributed by atoms with van der Waals surface area (Å²) in [4.78, 5) is 4.42. The van der Waals surface area contributed by atoms with Crippen molar-refractivity contribution in [3.05, 3.63) is 72.7 Å². The summed E-state index contributed by atoms with van der Waals surface area (Å²) in [7, 11) is 0. The van der Waals surface area contributed by atoms with Crippen LogP contribution in [-0.4, -0.2) is 29.4 Å². The van der Waals surface area contributed by atoms with Crippen molar-refractivity contribution < 1.29 is 10.2 Å². The fourth-order valence-electron chi connectivity index (χ4n) is 2.83. The molecular formula is C18H16N4O2. The molecule has 0 aliphatic heterocycles. The molecule has 0 saturated heterocycles. The van der Waals surface area contributed by atoms with E-state index >= 15 is 0 Å². The van der Waals surface area contributed by atoms with Crippen LogP contribution in [0.5, 0.6) is 5.75 Å². The minimum atomic E-state index is -0.748. The topological polar surface area (TPSA) is 75.6 Å². The van der Waals surface area contributed by atoms with Crippen LogP contribution in [0.25, 0.3) is 17.0 Å². The smallest absolute Gasteiger partial charge is 0.158 e. The minimum absolute atomic E-state index is 0.138. The van der Waals surface area contributed by atoms with Crippen LogP contribution < -0.4 is 0 Å². The summed E-state index contributed by atoms with van der Waals surface area (Å²) in [6, 6.07) is 14.5. The van der Waals surface area contributed by atoms with Crippen molar-refractivity contribution in [2.45, 2.75) is 12.6 Å². The number of rotatable bonds is 4. The summed E-state index contributed by atoms with van der Waals surface area (Å²) >= 11 is 0. The van der Waals surface area contributed by atoms with Gasteiger partial charge in [-0.05, 0) is 35.9 Å². The van der Waals surface area contributed by atoms with Crippen molar-refractivity contribution in [1.82, 2.24) is 19.2 Å². The highest BCUT2D eigenvalue weighted by Crippen LogP contribution is 2.23. The molecule has 3 aromatic heterocycles. The maximum Gasteiger partial charge on any atom is 0.158 e. The fourth-order valence-corrected chi connectivity index (χ4v) is 2.83. The van der Waals surface area contributed by atoms with Gasteiger partial charge in [0.2, 0.25) is 0 Å². The van der Waals surface area contributed by atoms with Gasteiger partial charge < -0.3 is 14.8 Å². The van der Waals surface area contributed by atoms with Crippen LogP contribution in [0.2, 0.25) is 0 Å². The van der Waals surface area contributed by atoms with Crippen LogP contribution >= 0.6 is 0 Å². The maximum atomic E-state index is 10.5. The molecule has 1 unspecified atom stereocenters. The normalized spacial score (nSPS) is 12.5. The Kier molecular flexibility index (Phi) is 3.51. The summed E-state index contributed by atoms with van der Waals surface area (Å²) in [6.07, 6.45) is 4.52. The first-order valence-corrected chi connectivity index (χ1v) is 7.63. The summed E-state index contributed by atoms with van der Waals surface area (Å²) in [5, 5.41) is 24.4. The minimum Gasteiger partial charge on any atom is -0.508 e. The van der Waals surface area contributed by atoms with Gasteiger partial charge in [0.05, 0.1) is 24.4 Å². The van der Waals surface area contributed by atoms with Crippen LogP contribution in [0.4, 0.5) is 0 Å². The van der Waals surface area contributed by atoms with Gasteiger partial charge in [0, 0.05) is 12.4 Å². The first kappa shape index (κ1) is 14.5. The molecule has 4 rings (SSSR count). The predicted molar refractivity (Wildman–Crippen MR) is 89.5 cm³/mol. The quantitative estimate of drug-likeness (QED) is 0.606. The Morgan fingerprint density at radius 1 is 1.04 bits per heavy atom. The number of benzene rings is 1. The van der Waals surface area contributed by atoms with E-state index in [1.54, 1.807) is 36.7 Å². The van der Waals surface area contributed by atoms with Gasteiger partial charge >= 0.3 is 0 Å². The Balaban J connectivity index is 1.69. The van der Waals surface area contributed by atoms with Crippen LogP contribution in [0.15, 0.2) is 67.1 Å². The van der Waals surface area contributed by atoms with Crippen LogP contribution in [0.3, 0.4) is 0 Å². The Labute approximate surface area is 138 Å². The van der Waals surface area contributed by atoms with E-state index in [-0.39, 0.29) is 5.75 Å². The lowest BCUT2D eigenvalue weighted by Crippen LogP contribution is -2.10. The highest BCUT2D eigenvalue weighted by atomic mass is 16.3. The number of aromatic hydroxyl groups is 1. The molecule has 4 aromatic rings. The number of aromatic nitrogens is 4. The summed E-state index contributed by atoms with van der Waals surface area (Å²) in [5.74, 6) is 0.863. The average molecular weight is 320 g/mol. The molecule has 0 spiro atoms. The molecule has 0 saturated carbocycles. The zero-order valence-corrected chi connectivity index (χ0v) is 12.8. The van der Waals surface area contributed by atoms with E-state index in [4.69, 9.17) is 0 Å². The Morgan fingerprint density at radius 2 is 1.92 bits per heavy atom. The highest BCUT2D eigenvalue weighted by Gasteiger charge is 2.15. The molecular weight excluding hydrogens is 304 g/mol. The van der Waals surface area contributed by atoms with E-state index in [0.717, 1.165) is 17.0 Å². The van der Waals surface area contributed by atoms with Crippen LogP contribution in [0, 0.1) is 0 Å². The number of phenolic OH excluding ortho intramolecular Hbond substituents is 1. The van der Waals surface area contributed by atoms with Gasteiger partial charge in [0.15, 0.2) is 5.82 Å². The van der Waals surface area contributed by atoms with Crippen molar-refractivity contribution >= 4 is 5.52 Å². The van der Waals surface area contributed by atoms with Crippen molar-refractivity contribution in [2.24, 2.45) is 0 Å². The molecule has 2 N–H and O–H groups in total. The molecule has 3 heterocycles. The second-order valence-electron chi connectivity index (χ2n) is 5.59. The first-order valence-electron chi connectivity index (χ1n) is 7.63. The van der Waals surface area contributed by atoms with Crippen molar-refractivity contribution in [3.63, 3.8) is 0 Å². The summed E-state index contributed by atoms with van der Waals surface area (Å²) < 4.78 is 3.70. The van der Waals surface area contributed by atoms with E-state index < -0.39 is 6.10 Å². The summed E-state index contributed by atoms with van der Waals surface area (Å²) in [6.45, 7) is 0.330. The molecule has 120 valence electrons. The molecule has 0 radical (unpaired) electrons. The third-order valence-corrected chi connectivity index (χ3v) is 3.99. The molecule has 1 aromatic carbocycles. The van der Waals surface area contributed by atoms with E-state index in [1.807, 2.05) is 39.5 Å². The molecule has 6 heteroatoms. The van der Waals surface area contributed by atoms with Crippen molar-refractivity contribution in [3.8, 4) is 17.3 Å². The number of pyridine rings is 1. The van der Waals surface area contributed by atoms with E-state index in [9.17, 15) is 10.2 Å². The zero-order chi connectivity index (χ0) is 16.5. The third-order valence-electron chi connectivity index (χ3n) is 3.99. The maximum absolute atomic E-state index is 10.5. The fraction of sp³-hybridized carbons (Fsp3) is 0.111. The molecule has 1 atom stereocenters. The molecule has 0 aliphatic carbocycles. The van der Waals surface area contributed by atoms with Crippen LogP contribution in [-0.2, 0) is 6.54 Å². The SMILES string of the molecule is Oc1cccc(C(O)Cn2ccnc2-c2cccc3ccnn23)c1. The number of fused-ring (bicyclic) bond motifs is 1. The standard InChI is InChI=1S/C18H16N4O2/c23-15-5-1-3-13(11-15)17(24)12-21-10-9-19-18(21)16-6-2-4-14-7-8-20-22(14)16/h1-11,17,23-24H,12H2. The number of aliphatic hydroxyl groups excluding tert-OH is 1. The molecule has 24 heavy (non-hydrogen) atoms. The molecule has 6 nitrogen and oxygen atoms in total. The van der Waals surface area contributed by atoms with Gasteiger partial charge in [-0.1, -0.05) is 18.2 Å². The van der Waals surface area contributed by atoms with Gasteiger partial charge in [0.25, 0.3) is 0 Å². The number of nitrogens with zero attached hydrogens (tertiary/aromatic N) is 4. The zero-order valence-electron chi connectivity index (χ0n) is 12.8. The van der Waals surface area contributed by atoms with E-state index in [0.29, 0.717) is 12.1 Å². The lowest BCUT2D eigenvalue weighted by atomic mass is 10.1. The predicted octanol–water partition coefficient (Wildman–Crippen LogP) is 2.64. The monoisotopic (exact) mass is 320 g/mol. The van der Waals surface area contributed by atoms with Crippen LogP contribution in [0.1, 0.15) is 11.7 Å². The van der Waals surface area contributed by atoms with Crippen molar-refractivity contribution in [2.75, 3.05) is 0 Å². The number of hydrogen-bond acceptors (Lipinski definition) is 4. The highest BCUT2D eigenvalue weighted by molar-refractivity contribution is 5.58. The third kappa shape index (κ3) is 2.53. The first-order chi connectivity index (χ1) is 11.7. The molecule has 0 fully saturated rings. The largest absolute Gasteiger partial charge is 0.508 e. The lowest BCUT2D eigenvalue weighted by molar-refractivity contribution is 0.156. The number of hydrogen-bond donors (Lipinski definition) is 2. The Morgan fingerprint density at radius 3 is 2.79 bits per heavy atom. The van der Waals surface area contributed by atoms with Crippen molar-refractivity contribution in [1.29, 1.82) is 0 Å². The second-order valence-corrected chi connectivity index (χ2v) is 5.59. The molecule has 0 amide bonds. The van der Waals surface area contributed by atoms with Gasteiger partial charge in [-0.3, -0.25) is 0 Å². The number of aliphatic hydroxyl groups is 1. The number of imidazole rings is 1. The Bertz CT molecular complexity index is 989. The lowest BCUT2D eigenvalue weighted by Gasteiger charge is -2.15. The van der Waals surface area contributed by atoms with Gasteiger partial charge in [-0.2, -0.15) is 5.10 Å². The molecule has 0 aliphatic rings. The summed E-state index contributed by atoms with van der Waals surface area (Å²) in [5.41, 5.74) is 2.49. The molecule has 0 bridgehead atoms. The average Bonchev–Trinajstić information content (AvgIpc) is 3.23. The second kappa shape index (κ2) is 5.82. The van der Waals surface area contributed by atoms with E-state index in [2.05, 4.69) is 10.1 Å². The number of phenols is 1. The Hall–Kier alpha value is -3.12.